The summed E-state index contributed by atoms with van der Waals surface area (Å²) in [5.41, 5.74) is 0. The Bertz CT molecular complexity index is 383. The van der Waals surface area contributed by atoms with E-state index < -0.39 is 21.8 Å². The first-order chi connectivity index (χ1) is 12.0. The maximum absolute atomic E-state index is 12.4. The predicted molar refractivity (Wildman–Crippen MR) is 102 cm³/mol. The van der Waals surface area contributed by atoms with Gasteiger partial charge in [0.25, 0.3) is 0 Å². The lowest BCUT2D eigenvalue weighted by Crippen LogP contribution is -2.47. The molecule has 0 amide bonds. The van der Waals surface area contributed by atoms with Gasteiger partial charge in [0.1, 0.15) is 5.37 Å². The molecule has 0 saturated carbocycles. The van der Waals surface area contributed by atoms with Gasteiger partial charge in [0.05, 0.1) is 25.6 Å². The smallest absolute Gasteiger partial charge is 0.168 e. The molecule has 3 N–H and O–H groups in total. The molecular formula is C18H39NO5S. The van der Waals surface area contributed by atoms with Gasteiger partial charge in [-0.1, -0.05) is 64.7 Å². The lowest BCUT2D eigenvalue weighted by Gasteiger charge is -2.28. The van der Waals surface area contributed by atoms with Crippen LogP contribution in [0.4, 0.5) is 0 Å². The Labute approximate surface area is 154 Å². The SMILES string of the molecule is CCCCCCCCCCCCS(=O)(=O)C(CO)N(CCO)CCO. The van der Waals surface area contributed by atoms with Crippen LogP contribution in [0.5, 0.6) is 0 Å². The van der Waals surface area contributed by atoms with E-state index in [0.29, 0.717) is 6.42 Å². The second-order valence-corrected chi connectivity index (χ2v) is 8.95. The molecule has 0 saturated heterocycles. The van der Waals surface area contributed by atoms with Gasteiger partial charge in [-0.3, -0.25) is 4.90 Å². The number of unbranched alkanes of at least 4 members (excludes halogenated alkanes) is 9. The average Bonchev–Trinajstić information content (AvgIpc) is 2.57. The summed E-state index contributed by atoms with van der Waals surface area (Å²) in [6.45, 7) is 1.54. The first kappa shape index (κ1) is 24.8. The molecule has 7 heteroatoms. The molecule has 0 aliphatic heterocycles. The molecule has 0 aromatic carbocycles. The zero-order valence-electron chi connectivity index (χ0n) is 15.9. The maximum Gasteiger partial charge on any atom is 0.168 e. The minimum Gasteiger partial charge on any atom is -0.395 e. The summed E-state index contributed by atoms with van der Waals surface area (Å²) in [6.07, 6.45) is 11.3. The summed E-state index contributed by atoms with van der Waals surface area (Å²) < 4.78 is 24.8. The van der Waals surface area contributed by atoms with Crippen LogP contribution in [0.25, 0.3) is 0 Å². The summed E-state index contributed by atoms with van der Waals surface area (Å²) >= 11 is 0. The van der Waals surface area contributed by atoms with E-state index in [-0.39, 0.29) is 32.1 Å². The molecule has 1 unspecified atom stereocenters. The standard InChI is InChI=1S/C18H39NO5S/c1-2-3-4-5-6-7-8-9-10-11-16-25(23,24)18(17-22)19(12-14-20)13-15-21/h18,20-22H,2-17H2,1H3. The van der Waals surface area contributed by atoms with Crippen molar-refractivity contribution in [1.82, 2.24) is 4.90 Å². The van der Waals surface area contributed by atoms with Gasteiger partial charge in [-0.2, -0.15) is 0 Å². The van der Waals surface area contributed by atoms with E-state index in [2.05, 4.69) is 6.92 Å². The lowest BCUT2D eigenvalue weighted by atomic mass is 10.1. The largest absolute Gasteiger partial charge is 0.395 e. The Kier molecular flexibility index (Phi) is 15.9. The van der Waals surface area contributed by atoms with Gasteiger partial charge in [0, 0.05) is 13.1 Å². The van der Waals surface area contributed by atoms with Crippen LogP contribution in [0.3, 0.4) is 0 Å². The van der Waals surface area contributed by atoms with Crippen LogP contribution in [0.15, 0.2) is 0 Å². The molecule has 0 radical (unpaired) electrons. The molecular weight excluding hydrogens is 342 g/mol. The summed E-state index contributed by atoms with van der Waals surface area (Å²) in [4.78, 5) is 1.44. The second kappa shape index (κ2) is 16.0. The molecule has 0 spiro atoms. The number of hydrogen-bond donors (Lipinski definition) is 3. The van der Waals surface area contributed by atoms with Crippen molar-refractivity contribution in [3.63, 3.8) is 0 Å². The Morgan fingerprint density at radius 1 is 0.760 bits per heavy atom. The maximum atomic E-state index is 12.4. The molecule has 0 fully saturated rings. The number of rotatable bonds is 18. The molecule has 0 heterocycles. The number of aliphatic hydroxyl groups is 3. The highest BCUT2D eigenvalue weighted by molar-refractivity contribution is 7.91. The van der Waals surface area contributed by atoms with Crippen LogP contribution in [-0.2, 0) is 9.84 Å². The van der Waals surface area contributed by atoms with Crippen molar-refractivity contribution in [2.45, 2.75) is 76.5 Å². The molecule has 0 bridgehead atoms. The molecule has 0 rings (SSSR count). The monoisotopic (exact) mass is 381 g/mol. The van der Waals surface area contributed by atoms with E-state index in [9.17, 15) is 13.5 Å². The van der Waals surface area contributed by atoms with Crippen LogP contribution in [0.2, 0.25) is 0 Å². The van der Waals surface area contributed by atoms with E-state index in [4.69, 9.17) is 10.2 Å². The van der Waals surface area contributed by atoms with Crippen molar-refractivity contribution >= 4 is 9.84 Å². The summed E-state index contributed by atoms with van der Waals surface area (Å²) in [6, 6.07) is 0. The van der Waals surface area contributed by atoms with E-state index in [0.717, 1.165) is 19.3 Å². The van der Waals surface area contributed by atoms with Crippen molar-refractivity contribution in [1.29, 1.82) is 0 Å². The Morgan fingerprint density at radius 3 is 1.60 bits per heavy atom. The fourth-order valence-corrected chi connectivity index (χ4v) is 4.81. The Balaban J connectivity index is 4.04. The Hall–Kier alpha value is -0.210. The molecule has 6 nitrogen and oxygen atoms in total. The molecule has 0 aliphatic carbocycles. The highest BCUT2D eigenvalue weighted by Crippen LogP contribution is 2.14. The van der Waals surface area contributed by atoms with Crippen molar-refractivity contribution in [2.24, 2.45) is 0 Å². The van der Waals surface area contributed by atoms with Crippen LogP contribution >= 0.6 is 0 Å². The van der Waals surface area contributed by atoms with Crippen LogP contribution in [0.1, 0.15) is 71.1 Å². The fourth-order valence-electron chi connectivity index (χ4n) is 3.04. The van der Waals surface area contributed by atoms with Gasteiger partial charge in [-0.05, 0) is 6.42 Å². The van der Waals surface area contributed by atoms with E-state index >= 15 is 0 Å². The quantitative estimate of drug-likeness (QED) is 0.314. The molecule has 0 aromatic heterocycles. The molecule has 0 aromatic rings. The van der Waals surface area contributed by atoms with Gasteiger partial charge >= 0.3 is 0 Å². The zero-order chi connectivity index (χ0) is 19.0. The third kappa shape index (κ3) is 11.9. The van der Waals surface area contributed by atoms with Gasteiger partial charge in [0.2, 0.25) is 0 Å². The predicted octanol–water partition coefficient (Wildman–Crippen LogP) is 1.93. The molecule has 25 heavy (non-hydrogen) atoms. The second-order valence-electron chi connectivity index (χ2n) is 6.67. The Morgan fingerprint density at radius 2 is 1.20 bits per heavy atom. The van der Waals surface area contributed by atoms with E-state index in [1.54, 1.807) is 0 Å². The van der Waals surface area contributed by atoms with Crippen molar-refractivity contribution in [2.75, 3.05) is 38.7 Å². The van der Waals surface area contributed by atoms with Crippen molar-refractivity contribution in [3.8, 4) is 0 Å². The zero-order valence-corrected chi connectivity index (χ0v) is 16.7. The van der Waals surface area contributed by atoms with Crippen LogP contribution < -0.4 is 0 Å². The third-order valence-electron chi connectivity index (χ3n) is 4.53. The number of nitrogens with zero attached hydrogens (tertiary/aromatic N) is 1. The number of hydrogen-bond acceptors (Lipinski definition) is 6. The van der Waals surface area contributed by atoms with Gasteiger partial charge in [-0.15, -0.1) is 0 Å². The molecule has 152 valence electrons. The number of sulfone groups is 1. The first-order valence-corrected chi connectivity index (χ1v) is 11.5. The van der Waals surface area contributed by atoms with Gasteiger partial charge in [0.15, 0.2) is 9.84 Å². The van der Waals surface area contributed by atoms with Crippen LogP contribution in [-0.4, -0.2) is 72.7 Å². The lowest BCUT2D eigenvalue weighted by molar-refractivity contribution is 0.118. The minimum absolute atomic E-state index is 0.0437. The minimum atomic E-state index is -3.47. The normalized spacial score (nSPS) is 13.5. The average molecular weight is 382 g/mol. The summed E-state index contributed by atoms with van der Waals surface area (Å²) in [5.74, 6) is 0.0437. The van der Waals surface area contributed by atoms with E-state index in [1.165, 1.54) is 43.4 Å². The first-order valence-electron chi connectivity index (χ1n) is 9.81. The van der Waals surface area contributed by atoms with Crippen molar-refractivity contribution in [3.05, 3.63) is 0 Å². The topological polar surface area (TPSA) is 98.1 Å². The summed E-state index contributed by atoms with van der Waals surface area (Å²) in [5, 5.41) is 26.5. The third-order valence-corrected chi connectivity index (χ3v) is 6.67. The molecule has 1 atom stereocenters. The van der Waals surface area contributed by atoms with Crippen LogP contribution in [0, 0.1) is 0 Å². The fraction of sp³-hybridized carbons (Fsp3) is 1.00. The molecule has 0 aliphatic rings. The summed E-state index contributed by atoms with van der Waals surface area (Å²) in [7, 11) is -3.47. The highest BCUT2D eigenvalue weighted by atomic mass is 32.2. The van der Waals surface area contributed by atoms with E-state index in [1.807, 2.05) is 0 Å². The van der Waals surface area contributed by atoms with Crippen molar-refractivity contribution < 1.29 is 23.7 Å². The van der Waals surface area contributed by atoms with Gasteiger partial charge in [-0.25, -0.2) is 8.42 Å². The highest BCUT2D eigenvalue weighted by Gasteiger charge is 2.29. The number of aliphatic hydroxyl groups excluding tert-OH is 3. The van der Waals surface area contributed by atoms with Gasteiger partial charge < -0.3 is 15.3 Å².